The van der Waals surface area contributed by atoms with E-state index in [-0.39, 0.29) is 4.47 Å². The predicted octanol–water partition coefficient (Wildman–Crippen LogP) is 5.35. The first-order chi connectivity index (χ1) is 8.61. The number of aryl methyl sites for hydroxylation is 1. The molecule has 0 heterocycles. The second-order valence-electron chi connectivity index (χ2n) is 4.20. The highest BCUT2D eigenvalue weighted by molar-refractivity contribution is 9.10. The summed E-state index contributed by atoms with van der Waals surface area (Å²) in [6, 6.07) is 10.5. The molecule has 0 aliphatic rings. The first kappa shape index (κ1) is 13.2. The van der Waals surface area contributed by atoms with Gasteiger partial charge in [0.25, 0.3) is 0 Å². The van der Waals surface area contributed by atoms with Crippen molar-refractivity contribution in [3.05, 3.63) is 58.1 Å². The molecule has 94 valence electrons. The van der Waals surface area contributed by atoms with Gasteiger partial charge in [0.05, 0.1) is 4.47 Å². The Kier molecular flexibility index (Phi) is 4.12. The van der Waals surface area contributed by atoms with Crippen LogP contribution in [0.4, 0.5) is 8.78 Å². The summed E-state index contributed by atoms with van der Waals surface area (Å²) in [6.45, 7) is 2.12. The van der Waals surface area contributed by atoms with Crippen LogP contribution in [-0.4, -0.2) is 0 Å². The van der Waals surface area contributed by atoms with Gasteiger partial charge in [0.15, 0.2) is 0 Å². The molecule has 2 rings (SSSR count). The molecule has 0 aliphatic carbocycles. The second-order valence-corrected chi connectivity index (χ2v) is 4.99. The summed E-state index contributed by atoms with van der Waals surface area (Å²) in [6.07, 6.45) is 2.10. The van der Waals surface area contributed by atoms with Crippen molar-refractivity contribution in [2.45, 2.75) is 19.8 Å². The SMILES string of the molecule is CCCc1ccc(-c2cc(F)c(Br)c(F)c2)cc1. The number of rotatable bonds is 3. The fourth-order valence-electron chi connectivity index (χ4n) is 1.87. The Morgan fingerprint density at radius 3 is 2.00 bits per heavy atom. The van der Waals surface area contributed by atoms with Crippen LogP contribution in [0.3, 0.4) is 0 Å². The topological polar surface area (TPSA) is 0 Å². The lowest BCUT2D eigenvalue weighted by atomic mass is 10.0. The first-order valence-corrected chi connectivity index (χ1v) is 6.65. The Balaban J connectivity index is 2.36. The van der Waals surface area contributed by atoms with E-state index in [9.17, 15) is 8.78 Å². The van der Waals surface area contributed by atoms with Crippen LogP contribution < -0.4 is 0 Å². The van der Waals surface area contributed by atoms with E-state index < -0.39 is 11.6 Å². The molecule has 2 aromatic rings. The van der Waals surface area contributed by atoms with Gasteiger partial charge in [-0.15, -0.1) is 0 Å². The van der Waals surface area contributed by atoms with Gasteiger partial charge in [0, 0.05) is 0 Å². The number of halogens is 3. The quantitative estimate of drug-likeness (QED) is 0.671. The van der Waals surface area contributed by atoms with Crippen molar-refractivity contribution in [2.24, 2.45) is 0 Å². The lowest BCUT2D eigenvalue weighted by Crippen LogP contribution is -1.88. The van der Waals surface area contributed by atoms with Crippen molar-refractivity contribution in [3.8, 4) is 11.1 Å². The molecule has 0 saturated heterocycles. The molecule has 0 bridgehead atoms. The van der Waals surface area contributed by atoms with Crippen LogP contribution in [0.2, 0.25) is 0 Å². The number of hydrogen-bond donors (Lipinski definition) is 0. The lowest BCUT2D eigenvalue weighted by Gasteiger charge is -2.06. The van der Waals surface area contributed by atoms with Gasteiger partial charge in [0.2, 0.25) is 0 Å². The molecule has 0 atom stereocenters. The van der Waals surface area contributed by atoms with E-state index in [0.717, 1.165) is 18.4 Å². The van der Waals surface area contributed by atoms with Crippen molar-refractivity contribution < 1.29 is 8.78 Å². The molecule has 3 heteroatoms. The van der Waals surface area contributed by atoms with Gasteiger partial charge in [-0.1, -0.05) is 37.6 Å². The zero-order valence-corrected chi connectivity index (χ0v) is 11.6. The molecule has 0 radical (unpaired) electrons. The minimum atomic E-state index is -0.581. The molecule has 18 heavy (non-hydrogen) atoms. The van der Waals surface area contributed by atoms with E-state index in [2.05, 4.69) is 22.9 Å². The van der Waals surface area contributed by atoms with E-state index in [1.165, 1.54) is 17.7 Å². The van der Waals surface area contributed by atoms with Crippen LogP contribution >= 0.6 is 15.9 Å². The Hall–Kier alpha value is -1.22. The van der Waals surface area contributed by atoms with Crippen LogP contribution in [0.5, 0.6) is 0 Å². The van der Waals surface area contributed by atoms with Crippen molar-refractivity contribution >= 4 is 15.9 Å². The summed E-state index contributed by atoms with van der Waals surface area (Å²) in [5.74, 6) is -1.16. The molecule has 0 amide bonds. The monoisotopic (exact) mass is 310 g/mol. The van der Waals surface area contributed by atoms with Gasteiger partial charge in [-0.05, 0) is 51.2 Å². The molecule has 0 unspecified atom stereocenters. The number of hydrogen-bond acceptors (Lipinski definition) is 0. The maximum absolute atomic E-state index is 13.4. The molecule has 0 N–H and O–H groups in total. The molecule has 0 nitrogen and oxygen atoms in total. The smallest absolute Gasteiger partial charge is 0.140 e. The van der Waals surface area contributed by atoms with Crippen molar-refractivity contribution in [1.82, 2.24) is 0 Å². The summed E-state index contributed by atoms with van der Waals surface area (Å²) in [5.41, 5.74) is 2.61. The largest absolute Gasteiger partial charge is 0.206 e. The fraction of sp³-hybridized carbons (Fsp3) is 0.200. The minimum absolute atomic E-state index is 0.117. The van der Waals surface area contributed by atoms with Crippen LogP contribution in [0.1, 0.15) is 18.9 Å². The summed E-state index contributed by atoms with van der Waals surface area (Å²) in [5, 5.41) is 0. The van der Waals surface area contributed by atoms with Crippen LogP contribution in [-0.2, 0) is 6.42 Å². The second kappa shape index (κ2) is 5.61. The Labute approximate surface area is 114 Å². The molecular formula is C15H13BrF2. The van der Waals surface area contributed by atoms with Gasteiger partial charge in [-0.25, -0.2) is 8.78 Å². The van der Waals surface area contributed by atoms with E-state index in [0.29, 0.717) is 5.56 Å². The van der Waals surface area contributed by atoms with E-state index in [4.69, 9.17) is 0 Å². The predicted molar refractivity (Wildman–Crippen MR) is 73.5 cm³/mol. The van der Waals surface area contributed by atoms with Crippen LogP contribution in [0, 0.1) is 11.6 Å². The molecular weight excluding hydrogens is 298 g/mol. The normalized spacial score (nSPS) is 10.7. The Bertz CT molecular complexity index is 524. The molecule has 0 spiro atoms. The zero-order chi connectivity index (χ0) is 13.1. The highest BCUT2D eigenvalue weighted by Gasteiger charge is 2.09. The highest BCUT2D eigenvalue weighted by atomic mass is 79.9. The maximum atomic E-state index is 13.4. The van der Waals surface area contributed by atoms with E-state index >= 15 is 0 Å². The fourth-order valence-corrected chi connectivity index (χ4v) is 2.10. The van der Waals surface area contributed by atoms with Gasteiger partial charge in [0.1, 0.15) is 11.6 Å². The van der Waals surface area contributed by atoms with Gasteiger partial charge >= 0.3 is 0 Å². The van der Waals surface area contributed by atoms with Gasteiger partial charge in [-0.3, -0.25) is 0 Å². The van der Waals surface area contributed by atoms with Crippen molar-refractivity contribution in [3.63, 3.8) is 0 Å². The zero-order valence-electron chi connectivity index (χ0n) is 10.0. The number of benzene rings is 2. The molecule has 0 aliphatic heterocycles. The van der Waals surface area contributed by atoms with E-state index in [1.54, 1.807) is 0 Å². The molecule has 2 aromatic carbocycles. The van der Waals surface area contributed by atoms with Crippen LogP contribution in [0.25, 0.3) is 11.1 Å². The summed E-state index contributed by atoms with van der Waals surface area (Å²) < 4.78 is 26.8. The van der Waals surface area contributed by atoms with Crippen molar-refractivity contribution in [2.75, 3.05) is 0 Å². The molecule has 0 saturated carbocycles. The average Bonchev–Trinajstić information content (AvgIpc) is 2.37. The lowest BCUT2D eigenvalue weighted by molar-refractivity contribution is 0.573. The average molecular weight is 311 g/mol. The van der Waals surface area contributed by atoms with Crippen LogP contribution in [0.15, 0.2) is 40.9 Å². The maximum Gasteiger partial charge on any atom is 0.140 e. The molecule has 0 fully saturated rings. The van der Waals surface area contributed by atoms with Gasteiger partial charge < -0.3 is 0 Å². The Morgan fingerprint density at radius 1 is 0.944 bits per heavy atom. The first-order valence-electron chi connectivity index (χ1n) is 5.85. The summed E-state index contributed by atoms with van der Waals surface area (Å²) in [4.78, 5) is 0. The third kappa shape index (κ3) is 2.78. The minimum Gasteiger partial charge on any atom is -0.206 e. The Morgan fingerprint density at radius 2 is 1.50 bits per heavy atom. The third-order valence-corrected chi connectivity index (χ3v) is 3.57. The highest BCUT2D eigenvalue weighted by Crippen LogP contribution is 2.27. The van der Waals surface area contributed by atoms with E-state index in [1.807, 2.05) is 24.3 Å². The molecule has 0 aromatic heterocycles. The standard InChI is InChI=1S/C15H13BrF2/c1-2-3-10-4-6-11(7-5-10)12-8-13(17)15(16)14(18)9-12/h4-9H,2-3H2,1H3. The third-order valence-electron chi connectivity index (χ3n) is 2.81. The van der Waals surface area contributed by atoms with Crippen molar-refractivity contribution in [1.29, 1.82) is 0 Å². The summed E-state index contributed by atoms with van der Waals surface area (Å²) >= 11 is 2.87. The summed E-state index contributed by atoms with van der Waals surface area (Å²) in [7, 11) is 0. The van der Waals surface area contributed by atoms with Gasteiger partial charge in [-0.2, -0.15) is 0 Å².